The number of benzene rings is 1. The number of methoxy groups -OCH3 is 1. The third-order valence-electron chi connectivity index (χ3n) is 4.32. The largest absolute Gasteiger partial charge is 0.493 e. The summed E-state index contributed by atoms with van der Waals surface area (Å²) in [5.74, 6) is 1.26. The van der Waals surface area contributed by atoms with E-state index in [1.807, 2.05) is 25.3 Å². The number of unbranched alkanes of at least 4 members (excludes halogenated alkanes) is 1. The molecule has 0 spiro atoms. The average Bonchev–Trinajstić information content (AvgIpc) is 2.65. The van der Waals surface area contributed by atoms with Crippen LogP contribution in [0, 0.1) is 6.92 Å². The van der Waals surface area contributed by atoms with Gasteiger partial charge in [0.25, 0.3) is 0 Å². The Balaban J connectivity index is 2.14. The van der Waals surface area contributed by atoms with Crippen molar-refractivity contribution < 1.29 is 19.1 Å². The summed E-state index contributed by atoms with van der Waals surface area (Å²) in [6, 6.07) is 3.78. The van der Waals surface area contributed by atoms with Gasteiger partial charge in [-0.1, -0.05) is 0 Å². The molecule has 0 radical (unpaired) electrons. The molecule has 0 bridgehead atoms. The van der Waals surface area contributed by atoms with Crippen molar-refractivity contribution in [2.75, 3.05) is 20.3 Å². The van der Waals surface area contributed by atoms with Crippen molar-refractivity contribution in [1.29, 1.82) is 0 Å². The number of aldehydes is 1. The molecule has 1 aromatic rings. The van der Waals surface area contributed by atoms with Gasteiger partial charge in [-0.25, -0.2) is 0 Å². The summed E-state index contributed by atoms with van der Waals surface area (Å²) < 4.78 is 11.1. The predicted octanol–water partition coefficient (Wildman–Crippen LogP) is 3.07. The second-order valence-electron chi connectivity index (χ2n) is 6.13. The highest BCUT2D eigenvalue weighted by atomic mass is 16.5. The number of hydrogen-bond acceptors (Lipinski definition) is 5. The minimum Gasteiger partial charge on any atom is -0.493 e. The van der Waals surface area contributed by atoms with E-state index in [0.717, 1.165) is 49.8 Å². The smallest absolute Gasteiger partial charge is 0.210 e. The number of piperidine rings is 1. The summed E-state index contributed by atoms with van der Waals surface area (Å²) >= 11 is 0. The Labute approximate surface area is 148 Å². The summed E-state index contributed by atoms with van der Waals surface area (Å²) in [6.45, 7) is 3.19. The van der Waals surface area contributed by atoms with Gasteiger partial charge in [0, 0.05) is 25.2 Å². The number of rotatable bonds is 9. The molecule has 1 amide bonds. The van der Waals surface area contributed by atoms with Gasteiger partial charge in [0.1, 0.15) is 6.29 Å². The Morgan fingerprint density at radius 3 is 2.84 bits per heavy atom. The van der Waals surface area contributed by atoms with E-state index in [4.69, 9.17) is 9.47 Å². The van der Waals surface area contributed by atoms with Crippen LogP contribution < -0.4 is 9.47 Å². The van der Waals surface area contributed by atoms with Crippen LogP contribution in [-0.2, 0) is 9.59 Å². The van der Waals surface area contributed by atoms with Gasteiger partial charge in [0.15, 0.2) is 11.5 Å². The van der Waals surface area contributed by atoms with Gasteiger partial charge in [-0.2, -0.15) is 0 Å². The van der Waals surface area contributed by atoms with Crippen LogP contribution in [0.15, 0.2) is 17.1 Å². The van der Waals surface area contributed by atoms with Crippen molar-refractivity contribution in [1.82, 2.24) is 4.90 Å². The van der Waals surface area contributed by atoms with Crippen LogP contribution in [0.3, 0.4) is 0 Å². The Morgan fingerprint density at radius 2 is 2.12 bits per heavy atom. The molecule has 1 atom stereocenters. The van der Waals surface area contributed by atoms with Gasteiger partial charge in [-0.3, -0.25) is 9.79 Å². The van der Waals surface area contributed by atoms with E-state index in [0.29, 0.717) is 30.9 Å². The van der Waals surface area contributed by atoms with Crippen molar-refractivity contribution in [3.05, 3.63) is 17.7 Å². The third kappa shape index (κ3) is 5.31. The first-order chi connectivity index (χ1) is 12.2. The van der Waals surface area contributed by atoms with Gasteiger partial charge >= 0.3 is 0 Å². The zero-order valence-electron chi connectivity index (χ0n) is 14.9. The van der Waals surface area contributed by atoms with Crippen LogP contribution in [0.5, 0.6) is 11.5 Å². The zero-order chi connectivity index (χ0) is 18.1. The van der Waals surface area contributed by atoms with Gasteiger partial charge in [0.05, 0.1) is 25.4 Å². The van der Waals surface area contributed by atoms with Crippen molar-refractivity contribution >= 4 is 24.6 Å². The molecule has 0 aromatic heterocycles. The topological polar surface area (TPSA) is 68.2 Å². The maximum absolute atomic E-state index is 11.2. The van der Waals surface area contributed by atoms with Crippen LogP contribution in [0.1, 0.15) is 37.7 Å². The van der Waals surface area contributed by atoms with Crippen molar-refractivity contribution in [3.63, 3.8) is 0 Å². The molecule has 1 heterocycles. The average molecular weight is 346 g/mol. The lowest BCUT2D eigenvalue weighted by Gasteiger charge is -2.29. The Morgan fingerprint density at radius 1 is 1.28 bits per heavy atom. The number of likely N-dealkylation sites (tertiary alicyclic amines) is 1. The summed E-state index contributed by atoms with van der Waals surface area (Å²) in [7, 11) is 1.60. The molecular formula is C19H26N2O4. The zero-order valence-corrected chi connectivity index (χ0v) is 14.9. The first-order valence-electron chi connectivity index (χ1n) is 8.70. The first kappa shape index (κ1) is 19.0. The fourth-order valence-electron chi connectivity index (χ4n) is 2.85. The third-order valence-corrected chi connectivity index (χ3v) is 4.32. The van der Waals surface area contributed by atoms with Crippen LogP contribution in [0.2, 0.25) is 0 Å². The van der Waals surface area contributed by atoms with Crippen LogP contribution >= 0.6 is 0 Å². The maximum Gasteiger partial charge on any atom is 0.210 e. The van der Waals surface area contributed by atoms with Crippen LogP contribution in [0.4, 0.5) is 5.69 Å². The summed E-state index contributed by atoms with van der Waals surface area (Å²) in [4.78, 5) is 27.9. The van der Waals surface area contributed by atoms with Crippen LogP contribution in [-0.4, -0.2) is 50.1 Å². The van der Waals surface area contributed by atoms with Gasteiger partial charge < -0.3 is 19.2 Å². The van der Waals surface area contributed by atoms with Crippen molar-refractivity contribution in [3.8, 4) is 11.5 Å². The van der Waals surface area contributed by atoms with E-state index >= 15 is 0 Å². The summed E-state index contributed by atoms with van der Waals surface area (Å²) in [5, 5.41) is 0. The number of carbonyl (C=O) groups excluding carboxylic acids is 2. The van der Waals surface area contributed by atoms with Gasteiger partial charge in [-0.15, -0.1) is 0 Å². The number of carbonyl (C=O) groups is 2. The number of aryl methyl sites for hydroxylation is 1. The SMILES string of the molecule is COc1cc(C)c(N=CC2CCCCN2C=O)cc1OCCCC=O. The number of aliphatic imine (C=N–C) groups is 1. The molecule has 136 valence electrons. The lowest BCUT2D eigenvalue weighted by Crippen LogP contribution is -2.39. The molecule has 1 saturated heterocycles. The Kier molecular flexibility index (Phi) is 7.44. The lowest BCUT2D eigenvalue weighted by molar-refractivity contribution is -0.119. The molecular weight excluding hydrogens is 320 g/mol. The number of amides is 1. The molecule has 1 unspecified atom stereocenters. The van der Waals surface area contributed by atoms with Gasteiger partial charge in [0.2, 0.25) is 6.41 Å². The standard InChI is InChI=1S/C19H26N2O4/c1-15-11-18(24-2)19(25-10-6-5-9-22)12-17(15)20-13-16-7-3-4-8-21(16)14-23/h9,11-14,16H,3-8,10H2,1-2H3. The Bertz CT molecular complexity index is 616. The molecule has 0 N–H and O–H groups in total. The van der Waals surface area contributed by atoms with Gasteiger partial charge in [-0.05, 0) is 44.2 Å². The monoisotopic (exact) mass is 346 g/mol. The highest BCUT2D eigenvalue weighted by Crippen LogP contribution is 2.34. The van der Waals surface area contributed by atoms with E-state index in [1.54, 1.807) is 12.0 Å². The van der Waals surface area contributed by atoms with Crippen molar-refractivity contribution in [2.24, 2.45) is 4.99 Å². The molecule has 1 aromatic carbocycles. The number of hydrogen-bond donors (Lipinski definition) is 0. The highest BCUT2D eigenvalue weighted by Gasteiger charge is 2.19. The Hall–Kier alpha value is -2.37. The fraction of sp³-hybridized carbons (Fsp3) is 0.526. The van der Waals surface area contributed by atoms with Crippen molar-refractivity contribution in [2.45, 2.75) is 45.1 Å². The lowest BCUT2D eigenvalue weighted by atomic mass is 10.0. The second kappa shape index (κ2) is 9.81. The molecule has 1 aliphatic heterocycles. The van der Waals surface area contributed by atoms with Crippen LogP contribution in [0.25, 0.3) is 0 Å². The maximum atomic E-state index is 11.2. The van der Waals surface area contributed by atoms with E-state index in [-0.39, 0.29) is 6.04 Å². The second-order valence-corrected chi connectivity index (χ2v) is 6.13. The molecule has 0 saturated carbocycles. The quantitative estimate of drug-likeness (QED) is 0.391. The highest BCUT2D eigenvalue weighted by molar-refractivity contribution is 5.73. The first-order valence-corrected chi connectivity index (χ1v) is 8.70. The minimum absolute atomic E-state index is 0.0460. The molecule has 2 rings (SSSR count). The summed E-state index contributed by atoms with van der Waals surface area (Å²) in [6.07, 6.45) is 7.85. The van der Waals surface area contributed by atoms with E-state index in [9.17, 15) is 9.59 Å². The molecule has 6 heteroatoms. The number of nitrogens with zero attached hydrogens (tertiary/aromatic N) is 2. The molecule has 0 aliphatic carbocycles. The fourth-order valence-corrected chi connectivity index (χ4v) is 2.85. The molecule has 25 heavy (non-hydrogen) atoms. The summed E-state index contributed by atoms with van der Waals surface area (Å²) in [5.41, 5.74) is 1.77. The van der Waals surface area contributed by atoms with E-state index in [2.05, 4.69) is 4.99 Å². The molecule has 6 nitrogen and oxygen atoms in total. The normalized spacial score (nSPS) is 17.5. The predicted molar refractivity (Wildman–Crippen MR) is 97.1 cm³/mol. The molecule has 1 aliphatic rings. The van der Waals surface area contributed by atoms with E-state index in [1.165, 1.54) is 0 Å². The number of ether oxygens (including phenoxy) is 2. The molecule has 1 fully saturated rings. The van der Waals surface area contributed by atoms with E-state index < -0.39 is 0 Å². The minimum atomic E-state index is 0.0460.